The molecule has 1 aliphatic heterocycles. The Hall–Kier alpha value is -2.37. The number of amides is 2. The van der Waals surface area contributed by atoms with Crippen molar-refractivity contribution >= 4 is 17.8 Å². The van der Waals surface area contributed by atoms with E-state index in [1.165, 1.54) is 0 Å². The first-order chi connectivity index (χ1) is 14.3. The van der Waals surface area contributed by atoms with Crippen LogP contribution in [0.15, 0.2) is 18.2 Å². The van der Waals surface area contributed by atoms with Gasteiger partial charge in [0.25, 0.3) is 5.91 Å². The van der Waals surface area contributed by atoms with E-state index in [9.17, 15) is 14.4 Å². The molecular formula is C24H34N2O4. The molecule has 0 aromatic heterocycles. The van der Waals surface area contributed by atoms with Crippen molar-refractivity contribution in [3.63, 3.8) is 0 Å². The predicted octanol–water partition coefficient (Wildman–Crippen LogP) is 3.54. The lowest BCUT2D eigenvalue weighted by atomic mass is 9.81. The van der Waals surface area contributed by atoms with E-state index in [0.717, 1.165) is 43.2 Å². The summed E-state index contributed by atoms with van der Waals surface area (Å²) in [6.07, 6.45) is 5.62. The second kappa shape index (κ2) is 9.63. The number of nitrogens with zero attached hydrogens (tertiary/aromatic N) is 1. The second-order valence-corrected chi connectivity index (χ2v) is 8.82. The van der Waals surface area contributed by atoms with Crippen LogP contribution in [0.1, 0.15) is 73.4 Å². The molecule has 1 atom stereocenters. The summed E-state index contributed by atoms with van der Waals surface area (Å²) in [7, 11) is 0. The molecule has 1 aliphatic carbocycles. The maximum atomic E-state index is 13.1. The fourth-order valence-electron chi connectivity index (χ4n) is 4.80. The molecule has 0 radical (unpaired) electrons. The van der Waals surface area contributed by atoms with Crippen LogP contribution in [-0.4, -0.2) is 47.9 Å². The maximum absolute atomic E-state index is 13.1. The van der Waals surface area contributed by atoms with Crippen LogP contribution in [0.2, 0.25) is 0 Å². The molecule has 1 heterocycles. The van der Waals surface area contributed by atoms with Gasteiger partial charge >= 0.3 is 5.97 Å². The van der Waals surface area contributed by atoms with Crippen molar-refractivity contribution in [1.82, 2.24) is 10.2 Å². The van der Waals surface area contributed by atoms with Gasteiger partial charge < -0.3 is 15.0 Å². The Kier molecular flexibility index (Phi) is 7.16. The highest BCUT2D eigenvalue weighted by molar-refractivity contribution is 5.95. The van der Waals surface area contributed by atoms with Crippen molar-refractivity contribution in [2.45, 2.75) is 71.3 Å². The normalized spacial score (nSPS) is 21.0. The number of ether oxygens (including phenoxy) is 1. The number of piperidine rings is 1. The highest BCUT2D eigenvalue weighted by Gasteiger charge is 2.43. The lowest BCUT2D eigenvalue weighted by Crippen LogP contribution is -2.59. The molecule has 1 aromatic carbocycles. The Morgan fingerprint density at radius 3 is 2.37 bits per heavy atom. The lowest BCUT2D eigenvalue weighted by Gasteiger charge is -2.38. The van der Waals surface area contributed by atoms with Crippen molar-refractivity contribution in [3.05, 3.63) is 34.9 Å². The van der Waals surface area contributed by atoms with E-state index in [-0.39, 0.29) is 23.7 Å². The second-order valence-electron chi connectivity index (χ2n) is 8.82. The summed E-state index contributed by atoms with van der Waals surface area (Å²) in [6, 6.07) is 5.84. The Bertz CT molecular complexity index is 778. The molecule has 1 saturated carbocycles. The van der Waals surface area contributed by atoms with E-state index in [2.05, 4.69) is 5.32 Å². The van der Waals surface area contributed by atoms with Gasteiger partial charge in [-0.2, -0.15) is 0 Å². The number of aryl methyl sites for hydroxylation is 2. The van der Waals surface area contributed by atoms with Crippen molar-refractivity contribution in [2.75, 3.05) is 19.7 Å². The highest BCUT2D eigenvalue weighted by atomic mass is 16.5. The average molecular weight is 415 g/mol. The minimum atomic E-state index is -0.911. The summed E-state index contributed by atoms with van der Waals surface area (Å²) in [6.45, 7) is 7.09. The zero-order valence-electron chi connectivity index (χ0n) is 18.5. The lowest BCUT2D eigenvalue weighted by molar-refractivity contribution is -0.155. The number of benzene rings is 1. The molecule has 1 aromatic rings. The molecular weight excluding hydrogens is 380 g/mol. The topological polar surface area (TPSA) is 75.7 Å². The third-order valence-electron chi connectivity index (χ3n) is 6.28. The molecule has 2 aliphatic rings. The van der Waals surface area contributed by atoms with E-state index >= 15 is 0 Å². The van der Waals surface area contributed by atoms with E-state index in [1.807, 2.05) is 32.0 Å². The molecule has 0 spiro atoms. The van der Waals surface area contributed by atoms with Gasteiger partial charge in [-0.25, -0.2) is 4.79 Å². The van der Waals surface area contributed by atoms with Crippen molar-refractivity contribution in [2.24, 2.45) is 5.92 Å². The van der Waals surface area contributed by atoms with Crippen LogP contribution in [0.5, 0.6) is 0 Å². The number of carbonyl (C=O) groups is 3. The van der Waals surface area contributed by atoms with Gasteiger partial charge in [0.1, 0.15) is 5.54 Å². The summed E-state index contributed by atoms with van der Waals surface area (Å²) in [5, 5.41) is 3.05. The smallest absolute Gasteiger partial charge is 0.331 e. The molecule has 6 nitrogen and oxygen atoms in total. The molecule has 164 valence electrons. The van der Waals surface area contributed by atoms with Crippen LogP contribution in [0, 0.1) is 19.8 Å². The number of rotatable bonds is 5. The minimum absolute atomic E-state index is 0.0305. The first-order valence-corrected chi connectivity index (χ1v) is 11.2. The first kappa shape index (κ1) is 22.3. The van der Waals surface area contributed by atoms with Gasteiger partial charge in [-0.3, -0.25) is 9.59 Å². The maximum Gasteiger partial charge on any atom is 0.331 e. The number of esters is 1. The highest BCUT2D eigenvalue weighted by Crippen LogP contribution is 2.31. The van der Waals surface area contributed by atoms with Crippen LogP contribution in [0.4, 0.5) is 0 Å². The Morgan fingerprint density at radius 1 is 1.07 bits per heavy atom. The van der Waals surface area contributed by atoms with Crippen LogP contribution < -0.4 is 5.32 Å². The monoisotopic (exact) mass is 414 g/mol. The van der Waals surface area contributed by atoms with Crippen molar-refractivity contribution < 1.29 is 19.1 Å². The third kappa shape index (κ3) is 5.02. The van der Waals surface area contributed by atoms with Crippen molar-refractivity contribution in [3.8, 4) is 0 Å². The van der Waals surface area contributed by atoms with Crippen LogP contribution in [0.3, 0.4) is 0 Å². The number of hydrogen-bond acceptors (Lipinski definition) is 4. The molecule has 30 heavy (non-hydrogen) atoms. The van der Waals surface area contributed by atoms with Gasteiger partial charge in [0.15, 0.2) is 0 Å². The fourth-order valence-corrected chi connectivity index (χ4v) is 4.80. The molecule has 2 fully saturated rings. The molecule has 0 bridgehead atoms. The van der Waals surface area contributed by atoms with Gasteiger partial charge in [-0.05, 0) is 58.6 Å². The standard InChI is InChI=1S/C24H34N2O4/c1-4-30-23(29)24(10-6-5-7-11-24)25-21(27)19-9-8-12-26(16-19)22(28)20-14-17(2)13-18(3)15-20/h13-15,19H,4-12,16H2,1-3H3,(H,25,27). The summed E-state index contributed by atoms with van der Waals surface area (Å²) < 4.78 is 5.29. The molecule has 1 saturated heterocycles. The number of carbonyl (C=O) groups excluding carboxylic acids is 3. The summed E-state index contributed by atoms with van der Waals surface area (Å²) >= 11 is 0. The molecule has 2 amide bonds. The fraction of sp³-hybridized carbons (Fsp3) is 0.625. The summed E-state index contributed by atoms with van der Waals surface area (Å²) in [5.74, 6) is -0.793. The molecule has 1 N–H and O–H groups in total. The Labute approximate surface area is 179 Å². The van der Waals surface area contributed by atoms with Crippen molar-refractivity contribution in [1.29, 1.82) is 0 Å². The zero-order chi connectivity index (χ0) is 21.7. The summed E-state index contributed by atoms with van der Waals surface area (Å²) in [5.41, 5.74) is 1.87. The number of hydrogen-bond donors (Lipinski definition) is 1. The average Bonchev–Trinajstić information content (AvgIpc) is 2.73. The van der Waals surface area contributed by atoms with E-state index in [4.69, 9.17) is 4.74 Å². The van der Waals surface area contributed by atoms with Gasteiger partial charge in [-0.15, -0.1) is 0 Å². The van der Waals surface area contributed by atoms with Crippen LogP contribution in [-0.2, 0) is 14.3 Å². The predicted molar refractivity (Wildman–Crippen MR) is 115 cm³/mol. The quantitative estimate of drug-likeness (QED) is 0.748. The van der Waals surface area contributed by atoms with E-state index in [0.29, 0.717) is 38.1 Å². The SMILES string of the molecule is CCOC(=O)C1(NC(=O)C2CCCN(C(=O)c3cc(C)cc(C)c3)C2)CCCCC1. The third-order valence-corrected chi connectivity index (χ3v) is 6.28. The first-order valence-electron chi connectivity index (χ1n) is 11.2. The largest absolute Gasteiger partial charge is 0.464 e. The van der Waals surface area contributed by atoms with Gasteiger partial charge in [0.05, 0.1) is 12.5 Å². The van der Waals surface area contributed by atoms with Crippen LogP contribution >= 0.6 is 0 Å². The molecule has 6 heteroatoms. The zero-order valence-corrected chi connectivity index (χ0v) is 18.5. The number of likely N-dealkylation sites (tertiary alicyclic amines) is 1. The minimum Gasteiger partial charge on any atom is -0.464 e. The molecule has 3 rings (SSSR count). The number of nitrogens with one attached hydrogen (secondary N) is 1. The van der Waals surface area contributed by atoms with Crippen LogP contribution in [0.25, 0.3) is 0 Å². The van der Waals surface area contributed by atoms with E-state index < -0.39 is 5.54 Å². The van der Waals surface area contributed by atoms with E-state index in [1.54, 1.807) is 11.8 Å². The Balaban J connectivity index is 1.70. The van der Waals surface area contributed by atoms with Gasteiger partial charge in [0.2, 0.25) is 5.91 Å². The van der Waals surface area contributed by atoms with Gasteiger partial charge in [-0.1, -0.05) is 36.5 Å². The Morgan fingerprint density at radius 2 is 1.73 bits per heavy atom. The summed E-state index contributed by atoms with van der Waals surface area (Å²) in [4.78, 5) is 40.6. The van der Waals surface area contributed by atoms with Gasteiger partial charge in [0, 0.05) is 18.7 Å². The molecule has 1 unspecified atom stereocenters.